The van der Waals surface area contributed by atoms with Crippen molar-refractivity contribution in [2.75, 3.05) is 26.8 Å². The molecule has 0 aliphatic heterocycles. The Hall–Kier alpha value is -1.75. The van der Waals surface area contributed by atoms with Gasteiger partial charge in [0.2, 0.25) is 0 Å². The van der Waals surface area contributed by atoms with E-state index in [2.05, 4.69) is 17.6 Å². The molecule has 0 spiro atoms. The Labute approximate surface area is 120 Å². The molecule has 1 aromatic rings. The lowest BCUT2D eigenvalue weighted by Gasteiger charge is -2.13. The maximum atomic E-state index is 11.5. The van der Waals surface area contributed by atoms with Crippen molar-refractivity contribution in [1.82, 2.24) is 10.6 Å². The predicted molar refractivity (Wildman–Crippen MR) is 79.2 cm³/mol. The van der Waals surface area contributed by atoms with Crippen molar-refractivity contribution in [2.24, 2.45) is 0 Å². The zero-order chi connectivity index (χ0) is 14.8. The van der Waals surface area contributed by atoms with Gasteiger partial charge in [-0.05, 0) is 26.5 Å². The zero-order valence-electron chi connectivity index (χ0n) is 12.5. The van der Waals surface area contributed by atoms with Crippen LogP contribution in [0.5, 0.6) is 11.5 Å². The van der Waals surface area contributed by atoms with Crippen LogP contribution in [0.25, 0.3) is 0 Å². The number of amides is 1. The first-order valence-corrected chi connectivity index (χ1v) is 7.01. The molecule has 1 rings (SSSR count). The van der Waals surface area contributed by atoms with E-state index in [1.54, 1.807) is 0 Å². The maximum absolute atomic E-state index is 11.5. The van der Waals surface area contributed by atoms with Crippen molar-refractivity contribution in [2.45, 2.75) is 26.8 Å². The minimum atomic E-state index is -0.122. The van der Waals surface area contributed by atoms with E-state index in [1.165, 1.54) is 0 Å². The molecule has 0 saturated carbocycles. The van der Waals surface area contributed by atoms with Gasteiger partial charge in [0.25, 0.3) is 5.91 Å². The van der Waals surface area contributed by atoms with Gasteiger partial charge in [-0.25, -0.2) is 0 Å². The van der Waals surface area contributed by atoms with Crippen LogP contribution in [0.2, 0.25) is 0 Å². The second-order valence-corrected chi connectivity index (χ2v) is 4.39. The topological polar surface area (TPSA) is 59.6 Å². The van der Waals surface area contributed by atoms with Gasteiger partial charge >= 0.3 is 0 Å². The highest BCUT2D eigenvalue weighted by Crippen LogP contribution is 2.25. The minimum Gasteiger partial charge on any atom is -0.493 e. The van der Waals surface area contributed by atoms with E-state index in [4.69, 9.17) is 9.47 Å². The van der Waals surface area contributed by atoms with Gasteiger partial charge in [-0.3, -0.25) is 4.79 Å². The molecule has 0 saturated heterocycles. The Balaban J connectivity index is 2.74. The predicted octanol–water partition coefficient (Wildman–Crippen LogP) is 1.71. The van der Waals surface area contributed by atoms with Gasteiger partial charge in [0, 0.05) is 24.7 Å². The molecule has 0 fully saturated rings. The molecule has 5 heteroatoms. The standard InChI is InChI=1S/C15H24N2O3/c1-4-8-19-13-7-6-12(10-16-3)14(9-13)20-11-15(18)17-5-2/h6-7,9,16H,4-5,8,10-11H2,1-3H3,(H,17,18). The van der Waals surface area contributed by atoms with Gasteiger partial charge in [0.15, 0.2) is 6.61 Å². The number of ether oxygens (including phenoxy) is 2. The Morgan fingerprint density at radius 3 is 2.70 bits per heavy atom. The van der Waals surface area contributed by atoms with Crippen LogP contribution in [0.4, 0.5) is 0 Å². The van der Waals surface area contributed by atoms with E-state index in [0.29, 0.717) is 25.4 Å². The first-order chi connectivity index (χ1) is 9.71. The molecule has 0 aliphatic rings. The van der Waals surface area contributed by atoms with E-state index < -0.39 is 0 Å². The molecular formula is C15H24N2O3. The molecule has 1 aromatic carbocycles. The molecular weight excluding hydrogens is 256 g/mol. The minimum absolute atomic E-state index is 0.0157. The quantitative estimate of drug-likeness (QED) is 0.723. The Bertz CT molecular complexity index is 422. The van der Waals surface area contributed by atoms with Crippen LogP contribution < -0.4 is 20.1 Å². The third kappa shape index (κ3) is 5.48. The number of nitrogens with one attached hydrogen (secondary N) is 2. The Kier molecular flexibility index (Phi) is 7.50. The normalized spacial score (nSPS) is 10.2. The molecule has 1 amide bonds. The average Bonchev–Trinajstić information content (AvgIpc) is 2.45. The molecule has 112 valence electrons. The summed E-state index contributed by atoms with van der Waals surface area (Å²) < 4.78 is 11.2. The summed E-state index contributed by atoms with van der Waals surface area (Å²) in [5.41, 5.74) is 1.00. The van der Waals surface area contributed by atoms with Gasteiger partial charge < -0.3 is 20.1 Å². The number of rotatable bonds is 9. The summed E-state index contributed by atoms with van der Waals surface area (Å²) in [6.07, 6.45) is 0.952. The second-order valence-electron chi connectivity index (χ2n) is 4.39. The number of benzene rings is 1. The van der Waals surface area contributed by atoms with Crippen LogP contribution in [0.3, 0.4) is 0 Å². The van der Waals surface area contributed by atoms with Crippen molar-refractivity contribution in [1.29, 1.82) is 0 Å². The van der Waals surface area contributed by atoms with Gasteiger partial charge in [0.1, 0.15) is 11.5 Å². The molecule has 2 N–H and O–H groups in total. The SMILES string of the molecule is CCCOc1ccc(CNC)c(OCC(=O)NCC)c1. The average molecular weight is 280 g/mol. The largest absolute Gasteiger partial charge is 0.493 e. The fraction of sp³-hybridized carbons (Fsp3) is 0.533. The number of likely N-dealkylation sites (N-methyl/N-ethyl adjacent to an activating group) is 1. The van der Waals surface area contributed by atoms with Crippen molar-refractivity contribution in [3.05, 3.63) is 23.8 Å². The molecule has 5 nitrogen and oxygen atoms in total. The summed E-state index contributed by atoms with van der Waals surface area (Å²) in [6.45, 7) is 5.90. The van der Waals surface area contributed by atoms with Gasteiger partial charge in [-0.1, -0.05) is 13.0 Å². The Morgan fingerprint density at radius 2 is 2.05 bits per heavy atom. The van der Waals surface area contributed by atoms with Crippen molar-refractivity contribution >= 4 is 5.91 Å². The summed E-state index contributed by atoms with van der Waals surface area (Å²) in [6, 6.07) is 5.71. The third-order valence-electron chi connectivity index (χ3n) is 2.61. The van der Waals surface area contributed by atoms with Crippen LogP contribution in [-0.4, -0.2) is 32.7 Å². The third-order valence-corrected chi connectivity index (χ3v) is 2.61. The monoisotopic (exact) mass is 280 g/mol. The summed E-state index contributed by atoms with van der Waals surface area (Å²) in [5.74, 6) is 1.32. The van der Waals surface area contributed by atoms with Crippen LogP contribution in [0, 0.1) is 0 Å². The lowest BCUT2D eigenvalue weighted by atomic mass is 10.2. The zero-order valence-corrected chi connectivity index (χ0v) is 12.5. The molecule has 0 aromatic heterocycles. The lowest BCUT2D eigenvalue weighted by molar-refractivity contribution is -0.123. The molecule has 0 atom stereocenters. The highest BCUT2D eigenvalue weighted by atomic mass is 16.5. The molecule has 0 radical (unpaired) electrons. The van der Waals surface area contributed by atoms with E-state index in [0.717, 1.165) is 17.7 Å². The van der Waals surface area contributed by atoms with E-state index in [9.17, 15) is 4.79 Å². The van der Waals surface area contributed by atoms with Gasteiger partial charge in [0.05, 0.1) is 6.61 Å². The van der Waals surface area contributed by atoms with E-state index in [-0.39, 0.29) is 12.5 Å². The number of hydrogen-bond donors (Lipinski definition) is 2. The maximum Gasteiger partial charge on any atom is 0.257 e. The summed E-state index contributed by atoms with van der Waals surface area (Å²) in [5, 5.41) is 5.78. The van der Waals surface area contributed by atoms with Gasteiger partial charge in [-0.15, -0.1) is 0 Å². The summed E-state index contributed by atoms with van der Waals surface area (Å²) in [4.78, 5) is 11.5. The first kappa shape index (κ1) is 16.3. The van der Waals surface area contributed by atoms with Crippen LogP contribution >= 0.6 is 0 Å². The van der Waals surface area contributed by atoms with Crippen molar-refractivity contribution in [3.63, 3.8) is 0 Å². The van der Waals surface area contributed by atoms with Crippen molar-refractivity contribution in [3.8, 4) is 11.5 Å². The summed E-state index contributed by atoms with van der Waals surface area (Å²) in [7, 11) is 1.87. The molecule has 0 heterocycles. The molecule has 0 bridgehead atoms. The van der Waals surface area contributed by atoms with Crippen molar-refractivity contribution < 1.29 is 14.3 Å². The fourth-order valence-corrected chi connectivity index (χ4v) is 1.71. The Morgan fingerprint density at radius 1 is 1.25 bits per heavy atom. The van der Waals surface area contributed by atoms with Crippen LogP contribution in [-0.2, 0) is 11.3 Å². The van der Waals surface area contributed by atoms with E-state index >= 15 is 0 Å². The molecule has 0 aliphatic carbocycles. The number of hydrogen-bond acceptors (Lipinski definition) is 4. The molecule has 0 unspecified atom stereocenters. The van der Waals surface area contributed by atoms with Gasteiger partial charge in [-0.2, -0.15) is 0 Å². The second kappa shape index (κ2) is 9.20. The highest BCUT2D eigenvalue weighted by Gasteiger charge is 2.08. The molecule has 20 heavy (non-hydrogen) atoms. The number of carbonyl (C=O) groups is 1. The number of carbonyl (C=O) groups excluding carboxylic acids is 1. The fourth-order valence-electron chi connectivity index (χ4n) is 1.71. The van der Waals surface area contributed by atoms with Crippen LogP contribution in [0.15, 0.2) is 18.2 Å². The summed E-state index contributed by atoms with van der Waals surface area (Å²) >= 11 is 0. The first-order valence-electron chi connectivity index (χ1n) is 7.01. The van der Waals surface area contributed by atoms with E-state index in [1.807, 2.05) is 32.2 Å². The lowest BCUT2D eigenvalue weighted by Crippen LogP contribution is -2.28. The smallest absolute Gasteiger partial charge is 0.257 e. The highest BCUT2D eigenvalue weighted by molar-refractivity contribution is 5.77. The van der Waals surface area contributed by atoms with Crippen LogP contribution in [0.1, 0.15) is 25.8 Å².